The Balaban J connectivity index is 1.66. The van der Waals surface area contributed by atoms with Crippen LogP contribution in [-0.2, 0) is 22.4 Å². The molecule has 1 N–H and O–H groups in total. The number of nitriles is 1. The van der Waals surface area contributed by atoms with Gasteiger partial charge in [0.05, 0.1) is 16.1 Å². The van der Waals surface area contributed by atoms with E-state index in [1.165, 1.54) is 23.5 Å². The molecule has 0 radical (unpaired) electrons. The second kappa shape index (κ2) is 8.30. The average molecular weight is 423 g/mol. The molecule has 3 rings (SSSR count). The highest BCUT2D eigenvalue weighted by Crippen LogP contribution is 2.39. The number of hydrogen-bond donors (Lipinski definition) is 1. The number of carbonyl (C=O) groups excluding carboxylic acids is 2. The topological polar surface area (TPSA) is 79.2 Å². The van der Waals surface area contributed by atoms with Crippen molar-refractivity contribution in [3.63, 3.8) is 0 Å². The van der Waals surface area contributed by atoms with Gasteiger partial charge in [0.25, 0.3) is 5.91 Å². The highest BCUT2D eigenvalue weighted by Gasteiger charge is 2.25. The number of fused-ring (bicyclic) bond motifs is 1. The smallest absolute Gasteiger partial charge is 0.340 e. The Morgan fingerprint density at radius 2 is 2.19 bits per heavy atom. The first-order chi connectivity index (χ1) is 12.9. The molecule has 8 heteroatoms. The van der Waals surface area contributed by atoms with Crippen molar-refractivity contribution >= 4 is 51.4 Å². The summed E-state index contributed by atoms with van der Waals surface area (Å²) in [5, 5.41) is 13.2. The maximum Gasteiger partial charge on any atom is 0.340 e. The van der Waals surface area contributed by atoms with Gasteiger partial charge in [-0.15, -0.1) is 11.3 Å². The number of rotatable bonds is 4. The minimum Gasteiger partial charge on any atom is -0.452 e. The normalized spacial score (nSPS) is 15.6. The van der Waals surface area contributed by atoms with Crippen LogP contribution < -0.4 is 5.32 Å². The van der Waals surface area contributed by atoms with Gasteiger partial charge < -0.3 is 10.1 Å². The maximum atomic E-state index is 12.2. The van der Waals surface area contributed by atoms with Crippen LogP contribution in [0.1, 0.15) is 39.7 Å². The number of carbonyl (C=O) groups is 2. The number of esters is 1. The molecule has 1 aromatic carbocycles. The number of amides is 1. The standard InChI is InChI=1S/C19H16Cl2N2O3S/c1-10-2-4-12-14(8-22)18(27-16(12)6-10)23-17(24)9-26-19(25)13-7-11(20)3-5-15(13)21/h3,5,7,10H,2,4,6,9H2,1H3,(H,23,24). The monoisotopic (exact) mass is 422 g/mol. The average Bonchev–Trinajstić information content (AvgIpc) is 2.97. The third-order valence-electron chi connectivity index (χ3n) is 4.36. The minimum atomic E-state index is -0.738. The Labute approximate surface area is 170 Å². The summed E-state index contributed by atoms with van der Waals surface area (Å²) >= 11 is 13.2. The number of ether oxygens (including phenoxy) is 1. The summed E-state index contributed by atoms with van der Waals surface area (Å²) in [6, 6.07) is 6.60. The number of hydrogen-bond acceptors (Lipinski definition) is 5. The summed E-state index contributed by atoms with van der Waals surface area (Å²) in [6.45, 7) is 1.69. The molecule has 140 valence electrons. The van der Waals surface area contributed by atoms with Crippen LogP contribution in [-0.4, -0.2) is 18.5 Å². The van der Waals surface area contributed by atoms with Crippen molar-refractivity contribution in [2.75, 3.05) is 11.9 Å². The van der Waals surface area contributed by atoms with Crippen molar-refractivity contribution in [1.29, 1.82) is 5.26 Å². The molecule has 1 aliphatic carbocycles. The lowest BCUT2D eigenvalue weighted by molar-refractivity contribution is -0.119. The molecule has 1 heterocycles. The van der Waals surface area contributed by atoms with Gasteiger partial charge in [0.1, 0.15) is 11.1 Å². The van der Waals surface area contributed by atoms with Crippen molar-refractivity contribution in [3.05, 3.63) is 49.8 Å². The lowest BCUT2D eigenvalue weighted by Crippen LogP contribution is -2.21. The summed E-state index contributed by atoms with van der Waals surface area (Å²) in [6.07, 6.45) is 2.78. The molecule has 1 unspecified atom stereocenters. The van der Waals surface area contributed by atoms with E-state index in [1.54, 1.807) is 6.07 Å². The fourth-order valence-corrected chi connectivity index (χ4v) is 4.73. The van der Waals surface area contributed by atoms with E-state index >= 15 is 0 Å². The van der Waals surface area contributed by atoms with Gasteiger partial charge in [0.15, 0.2) is 6.61 Å². The predicted molar refractivity (Wildman–Crippen MR) is 106 cm³/mol. The molecule has 0 saturated carbocycles. The fourth-order valence-electron chi connectivity index (χ4n) is 2.98. The predicted octanol–water partition coefficient (Wildman–Crippen LogP) is 4.85. The number of halogens is 2. The quantitative estimate of drug-likeness (QED) is 0.714. The molecule has 0 fully saturated rings. The Kier molecular flexibility index (Phi) is 6.05. The van der Waals surface area contributed by atoms with Crippen LogP contribution in [0, 0.1) is 17.2 Å². The van der Waals surface area contributed by atoms with Gasteiger partial charge in [-0.3, -0.25) is 4.79 Å². The fraction of sp³-hybridized carbons (Fsp3) is 0.316. The molecule has 27 heavy (non-hydrogen) atoms. The molecule has 2 aromatic rings. The van der Waals surface area contributed by atoms with E-state index in [0.717, 1.165) is 29.7 Å². The second-order valence-electron chi connectivity index (χ2n) is 6.42. The third-order valence-corrected chi connectivity index (χ3v) is 6.09. The molecule has 1 atom stereocenters. The summed E-state index contributed by atoms with van der Waals surface area (Å²) in [7, 11) is 0. The van der Waals surface area contributed by atoms with Gasteiger partial charge in [-0.05, 0) is 48.9 Å². The molecule has 1 aliphatic rings. The van der Waals surface area contributed by atoms with Crippen LogP contribution in [0.2, 0.25) is 10.0 Å². The third kappa shape index (κ3) is 4.44. The van der Waals surface area contributed by atoms with Crippen molar-refractivity contribution in [1.82, 2.24) is 0 Å². The minimum absolute atomic E-state index is 0.0928. The van der Waals surface area contributed by atoms with E-state index in [4.69, 9.17) is 27.9 Å². The van der Waals surface area contributed by atoms with Crippen molar-refractivity contribution in [2.24, 2.45) is 5.92 Å². The molecule has 5 nitrogen and oxygen atoms in total. The Morgan fingerprint density at radius 1 is 1.41 bits per heavy atom. The van der Waals surface area contributed by atoms with Gasteiger partial charge in [0, 0.05) is 9.90 Å². The first-order valence-corrected chi connectivity index (χ1v) is 9.93. The van der Waals surface area contributed by atoms with E-state index in [2.05, 4.69) is 18.3 Å². The van der Waals surface area contributed by atoms with E-state index in [-0.39, 0.29) is 10.6 Å². The highest BCUT2D eigenvalue weighted by atomic mass is 35.5. The molecule has 1 aromatic heterocycles. The van der Waals surface area contributed by atoms with Gasteiger partial charge in [-0.2, -0.15) is 5.26 Å². The summed E-state index contributed by atoms with van der Waals surface area (Å²) in [4.78, 5) is 25.4. The summed E-state index contributed by atoms with van der Waals surface area (Å²) in [5.74, 6) is -0.684. The number of anilines is 1. The van der Waals surface area contributed by atoms with Crippen LogP contribution in [0.15, 0.2) is 18.2 Å². The lowest BCUT2D eigenvalue weighted by atomic mass is 9.89. The molecular formula is C19H16Cl2N2O3S. The van der Waals surface area contributed by atoms with Crippen molar-refractivity contribution in [3.8, 4) is 6.07 Å². The Bertz CT molecular complexity index is 949. The molecule has 0 saturated heterocycles. The van der Waals surface area contributed by atoms with E-state index < -0.39 is 18.5 Å². The molecule has 0 spiro atoms. The Hall–Kier alpha value is -2.07. The summed E-state index contributed by atoms with van der Waals surface area (Å²) < 4.78 is 5.02. The van der Waals surface area contributed by atoms with Crippen LogP contribution in [0.4, 0.5) is 5.00 Å². The van der Waals surface area contributed by atoms with Gasteiger partial charge in [0.2, 0.25) is 0 Å². The maximum absolute atomic E-state index is 12.2. The number of benzene rings is 1. The first kappa shape index (κ1) is 19.7. The van der Waals surface area contributed by atoms with Crippen molar-refractivity contribution in [2.45, 2.75) is 26.2 Å². The second-order valence-corrected chi connectivity index (χ2v) is 8.36. The van der Waals surface area contributed by atoms with Crippen LogP contribution >= 0.6 is 34.5 Å². The highest BCUT2D eigenvalue weighted by molar-refractivity contribution is 7.16. The van der Waals surface area contributed by atoms with E-state index in [9.17, 15) is 14.9 Å². The number of nitrogens with one attached hydrogen (secondary N) is 1. The van der Waals surface area contributed by atoms with Gasteiger partial charge in [-0.1, -0.05) is 30.1 Å². The Morgan fingerprint density at radius 3 is 2.93 bits per heavy atom. The number of nitrogens with zero attached hydrogens (tertiary/aromatic N) is 1. The molecule has 1 amide bonds. The largest absolute Gasteiger partial charge is 0.452 e. The van der Waals surface area contributed by atoms with Gasteiger partial charge >= 0.3 is 5.97 Å². The SMILES string of the molecule is CC1CCc2c(sc(NC(=O)COC(=O)c3cc(Cl)ccc3Cl)c2C#N)C1. The molecular weight excluding hydrogens is 407 g/mol. The summed E-state index contributed by atoms with van der Waals surface area (Å²) in [5.41, 5.74) is 1.63. The van der Waals surface area contributed by atoms with Crippen LogP contribution in [0.5, 0.6) is 0 Å². The van der Waals surface area contributed by atoms with Gasteiger partial charge in [-0.25, -0.2) is 4.79 Å². The number of thiophene rings is 1. The molecule has 0 bridgehead atoms. The van der Waals surface area contributed by atoms with Crippen LogP contribution in [0.25, 0.3) is 0 Å². The lowest BCUT2D eigenvalue weighted by Gasteiger charge is -2.17. The van der Waals surface area contributed by atoms with Crippen LogP contribution in [0.3, 0.4) is 0 Å². The first-order valence-electron chi connectivity index (χ1n) is 8.35. The zero-order valence-corrected chi connectivity index (χ0v) is 16.8. The zero-order valence-electron chi connectivity index (χ0n) is 14.5. The van der Waals surface area contributed by atoms with E-state index in [0.29, 0.717) is 21.5 Å². The van der Waals surface area contributed by atoms with Crippen molar-refractivity contribution < 1.29 is 14.3 Å². The van der Waals surface area contributed by atoms with E-state index in [1.807, 2.05) is 0 Å². The zero-order chi connectivity index (χ0) is 19.6. The molecule has 0 aliphatic heterocycles.